The minimum Gasteiger partial charge on any atom is -0.479 e. The third kappa shape index (κ3) is 4.72. The number of hydrogen-bond acceptors (Lipinski definition) is 7. The first-order valence-corrected chi connectivity index (χ1v) is 13.5. The van der Waals surface area contributed by atoms with Crippen LogP contribution in [0.2, 0.25) is 0 Å². The number of aryl methyl sites for hydroxylation is 2. The smallest absolute Gasteiger partial charge is 0.268 e. The van der Waals surface area contributed by atoms with E-state index in [4.69, 9.17) is 9.26 Å². The quantitative estimate of drug-likeness (QED) is 0.522. The van der Waals surface area contributed by atoms with E-state index in [-0.39, 0.29) is 17.3 Å². The van der Waals surface area contributed by atoms with E-state index in [1.807, 2.05) is 6.92 Å². The van der Waals surface area contributed by atoms with Gasteiger partial charge in [-0.1, -0.05) is 5.16 Å². The van der Waals surface area contributed by atoms with Gasteiger partial charge in [0, 0.05) is 29.9 Å². The Morgan fingerprint density at radius 1 is 1.11 bits per heavy atom. The van der Waals surface area contributed by atoms with E-state index in [1.54, 1.807) is 36.9 Å². The number of benzene rings is 2. The minimum absolute atomic E-state index is 0.166. The standard InChI is InChI=1S/C26H28N4O6S/c1-16-22(17(2)36-28-16)15-30-23-14-20(8-11-24(23)35-18(3)26(30)32)27-25(31)19-6-9-21(10-7-19)37(33,34)29-12-4-5-13-29/h6-11,14,18H,4-5,12-13,15H2,1-3H3,(H,27,31). The molecular weight excluding hydrogens is 496 g/mol. The summed E-state index contributed by atoms with van der Waals surface area (Å²) < 4.78 is 38.0. The molecule has 0 radical (unpaired) electrons. The molecule has 1 atom stereocenters. The molecule has 2 aromatic carbocycles. The van der Waals surface area contributed by atoms with Crippen LogP contribution in [0, 0.1) is 13.8 Å². The highest BCUT2D eigenvalue weighted by atomic mass is 32.2. The second-order valence-corrected chi connectivity index (χ2v) is 11.2. The molecule has 0 bridgehead atoms. The molecule has 1 unspecified atom stereocenters. The van der Waals surface area contributed by atoms with Crippen LogP contribution in [-0.4, -0.2) is 48.9 Å². The molecule has 2 aliphatic rings. The molecule has 0 aliphatic carbocycles. The first-order valence-electron chi connectivity index (χ1n) is 12.1. The number of nitrogens with zero attached hydrogens (tertiary/aromatic N) is 3. The molecule has 11 heteroatoms. The van der Waals surface area contributed by atoms with Gasteiger partial charge < -0.3 is 19.5 Å². The van der Waals surface area contributed by atoms with Crippen molar-refractivity contribution >= 4 is 33.2 Å². The predicted octanol–water partition coefficient (Wildman–Crippen LogP) is 3.64. The number of rotatable bonds is 6. The zero-order valence-corrected chi connectivity index (χ0v) is 21.7. The van der Waals surface area contributed by atoms with Crippen LogP contribution in [0.5, 0.6) is 5.75 Å². The number of amides is 2. The molecule has 0 spiro atoms. The number of hydrogen-bond donors (Lipinski definition) is 1. The first kappa shape index (κ1) is 25.0. The maximum absolute atomic E-state index is 13.0. The Hall–Kier alpha value is -3.70. The van der Waals surface area contributed by atoms with Crippen LogP contribution < -0.4 is 15.0 Å². The number of aromatic nitrogens is 1. The zero-order valence-electron chi connectivity index (χ0n) is 20.9. The zero-order chi connectivity index (χ0) is 26.3. The molecule has 0 saturated carbocycles. The van der Waals surface area contributed by atoms with Crippen LogP contribution in [0.3, 0.4) is 0 Å². The number of nitrogens with one attached hydrogen (secondary N) is 1. The molecule has 1 aromatic heterocycles. The van der Waals surface area contributed by atoms with Gasteiger partial charge in [0.2, 0.25) is 10.0 Å². The number of sulfonamides is 1. The minimum atomic E-state index is -3.55. The molecule has 194 valence electrons. The van der Waals surface area contributed by atoms with Gasteiger partial charge in [-0.3, -0.25) is 9.59 Å². The highest BCUT2D eigenvalue weighted by Gasteiger charge is 2.33. The van der Waals surface area contributed by atoms with E-state index in [1.165, 1.54) is 28.6 Å². The Balaban J connectivity index is 1.37. The van der Waals surface area contributed by atoms with Crippen molar-refractivity contribution in [3.05, 3.63) is 65.0 Å². The Bertz CT molecular complexity index is 1440. The summed E-state index contributed by atoms with van der Waals surface area (Å²) in [5.41, 5.74) is 2.81. The predicted molar refractivity (Wildman–Crippen MR) is 136 cm³/mol. The maximum atomic E-state index is 13.0. The van der Waals surface area contributed by atoms with Crippen molar-refractivity contribution in [3.63, 3.8) is 0 Å². The van der Waals surface area contributed by atoms with Crippen molar-refractivity contribution in [2.75, 3.05) is 23.3 Å². The average molecular weight is 525 g/mol. The van der Waals surface area contributed by atoms with Gasteiger partial charge in [-0.25, -0.2) is 8.42 Å². The summed E-state index contributed by atoms with van der Waals surface area (Å²) in [5, 5.41) is 6.80. The van der Waals surface area contributed by atoms with Crippen molar-refractivity contribution in [3.8, 4) is 5.75 Å². The summed E-state index contributed by atoms with van der Waals surface area (Å²) >= 11 is 0. The highest BCUT2D eigenvalue weighted by Crippen LogP contribution is 2.38. The molecule has 2 aliphatic heterocycles. The van der Waals surface area contributed by atoms with E-state index in [2.05, 4.69) is 10.5 Å². The topological polar surface area (TPSA) is 122 Å². The fourth-order valence-electron chi connectivity index (χ4n) is 4.59. The summed E-state index contributed by atoms with van der Waals surface area (Å²) in [4.78, 5) is 27.7. The molecule has 1 N–H and O–H groups in total. The second-order valence-electron chi connectivity index (χ2n) is 9.26. The Morgan fingerprint density at radius 3 is 2.46 bits per heavy atom. The third-order valence-corrected chi connectivity index (χ3v) is 8.65. The average Bonchev–Trinajstić information content (AvgIpc) is 3.54. The second kappa shape index (κ2) is 9.64. The summed E-state index contributed by atoms with van der Waals surface area (Å²) in [6.45, 7) is 6.59. The van der Waals surface area contributed by atoms with E-state index < -0.39 is 22.0 Å². The van der Waals surface area contributed by atoms with E-state index >= 15 is 0 Å². The van der Waals surface area contributed by atoms with Gasteiger partial charge in [0.1, 0.15) is 11.5 Å². The maximum Gasteiger partial charge on any atom is 0.268 e. The largest absolute Gasteiger partial charge is 0.479 e. The molecule has 5 rings (SSSR count). The van der Waals surface area contributed by atoms with Crippen LogP contribution in [0.4, 0.5) is 11.4 Å². The normalized spacial score (nSPS) is 18.0. The number of ether oxygens (including phenoxy) is 1. The lowest BCUT2D eigenvalue weighted by atomic mass is 10.1. The van der Waals surface area contributed by atoms with Gasteiger partial charge in [0.05, 0.1) is 22.8 Å². The van der Waals surface area contributed by atoms with Crippen molar-refractivity contribution in [1.29, 1.82) is 0 Å². The van der Waals surface area contributed by atoms with Crippen LogP contribution >= 0.6 is 0 Å². The lowest BCUT2D eigenvalue weighted by Gasteiger charge is -2.33. The Kier molecular flexibility index (Phi) is 6.50. The highest BCUT2D eigenvalue weighted by molar-refractivity contribution is 7.89. The van der Waals surface area contributed by atoms with E-state index in [0.717, 1.165) is 18.4 Å². The van der Waals surface area contributed by atoms with Gasteiger partial charge in [-0.2, -0.15) is 4.31 Å². The SMILES string of the molecule is Cc1noc(C)c1CN1C(=O)C(C)Oc2ccc(NC(=O)c3ccc(S(=O)(=O)N4CCCC4)cc3)cc21. The number of carbonyl (C=O) groups excluding carboxylic acids is 2. The summed E-state index contributed by atoms with van der Waals surface area (Å²) in [6, 6.07) is 11.0. The fourth-order valence-corrected chi connectivity index (χ4v) is 6.11. The third-order valence-electron chi connectivity index (χ3n) is 6.74. The van der Waals surface area contributed by atoms with Gasteiger partial charge in [-0.15, -0.1) is 0 Å². The molecule has 3 aromatic rings. The summed E-state index contributed by atoms with van der Waals surface area (Å²) in [7, 11) is -3.55. The summed E-state index contributed by atoms with van der Waals surface area (Å²) in [6.07, 6.45) is 1.04. The molecule has 1 fully saturated rings. The molecule has 2 amide bonds. The van der Waals surface area contributed by atoms with Crippen LogP contribution in [0.1, 0.15) is 47.1 Å². The molecular formula is C26H28N4O6S. The molecule has 3 heterocycles. The van der Waals surface area contributed by atoms with Crippen molar-refractivity contribution < 1.29 is 27.3 Å². The van der Waals surface area contributed by atoms with Crippen molar-refractivity contribution in [1.82, 2.24) is 9.46 Å². The first-order chi connectivity index (χ1) is 17.6. The van der Waals surface area contributed by atoms with Crippen molar-refractivity contribution in [2.45, 2.75) is 51.2 Å². The molecule has 37 heavy (non-hydrogen) atoms. The monoisotopic (exact) mass is 524 g/mol. The van der Waals surface area contributed by atoms with Crippen molar-refractivity contribution in [2.24, 2.45) is 0 Å². The van der Waals surface area contributed by atoms with Gasteiger partial charge in [-0.05, 0) is 76.1 Å². The Labute approximate surface area is 215 Å². The van der Waals surface area contributed by atoms with Gasteiger partial charge in [0.15, 0.2) is 6.10 Å². The van der Waals surface area contributed by atoms with Crippen LogP contribution in [0.15, 0.2) is 51.9 Å². The van der Waals surface area contributed by atoms with Gasteiger partial charge >= 0.3 is 0 Å². The number of carbonyl (C=O) groups is 2. The van der Waals surface area contributed by atoms with Crippen LogP contribution in [0.25, 0.3) is 0 Å². The van der Waals surface area contributed by atoms with E-state index in [0.29, 0.717) is 47.2 Å². The Morgan fingerprint density at radius 2 is 1.81 bits per heavy atom. The lowest BCUT2D eigenvalue weighted by Crippen LogP contribution is -2.44. The molecule has 10 nitrogen and oxygen atoms in total. The fraction of sp³-hybridized carbons (Fsp3) is 0.346. The number of fused-ring (bicyclic) bond motifs is 1. The van der Waals surface area contributed by atoms with Gasteiger partial charge in [0.25, 0.3) is 11.8 Å². The molecule has 1 saturated heterocycles. The van der Waals surface area contributed by atoms with Crippen LogP contribution in [-0.2, 0) is 21.4 Å². The number of anilines is 2. The van der Waals surface area contributed by atoms with E-state index in [9.17, 15) is 18.0 Å². The lowest BCUT2D eigenvalue weighted by molar-refractivity contribution is -0.125. The summed E-state index contributed by atoms with van der Waals surface area (Å²) in [5.74, 6) is 0.531.